The number of nitrogens with two attached hydrogens (primary N) is 1. The summed E-state index contributed by atoms with van der Waals surface area (Å²) in [4.78, 5) is 16.8. The Morgan fingerprint density at radius 1 is 1.43 bits per heavy atom. The zero-order chi connectivity index (χ0) is 16.2. The summed E-state index contributed by atoms with van der Waals surface area (Å²) in [6, 6.07) is 7.65. The lowest BCUT2D eigenvalue weighted by Gasteiger charge is -2.23. The molecule has 0 spiro atoms. The van der Waals surface area contributed by atoms with Gasteiger partial charge >= 0.3 is 0 Å². The zero-order valence-electron chi connectivity index (χ0n) is 13.5. The largest absolute Gasteiger partial charge is 0.399 e. The number of hydrogen-bond donors (Lipinski definition) is 2. The van der Waals surface area contributed by atoms with E-state index in [4.69, 9.17) is 5.73 Å². The fourth-order valence-electron chi connectivity index (χ4n) is 2.96. The van der Waals surface area contributed by atoms with E-state index in [0.29, 0.717) is 12.8 Å². The third-order valence-electron chi connectivity index (χ3n) is 4.25. The number of aromatic nitrogens is 3. The Balaban J connectivity index is 1.61. The smallest absolute Gasteiger partial charge is 0.220 e. The van der Waals surface area contributed by atoms with E-state index in [1.807, 2.05) is 35.9 Å². The van der Waals surface area contributed by atoms with E-state index in [-0.39, 0.29) is 11.9 Å². The van der Waals surface area contributed by atoms with Gasteiger partial charge in [-0.25, -0.2) is 9.67 Å². The Morgan fingerprint density at radius 3 is 3.04 bits per heavy atom. The molecule has 1 aromatic heterocycles. The quantitative estimate of drug-likeness (QED) is 0.827. The van der Waals surface area contributed by atoms with E-state index in [1.165, 1.54) is 0 Å². The predicted octanol–water partition coefficient (Wildman–Crippen LogP) is 2.01. The number of fused-ring (bicyclic) bond motifs is 1. The molecule has 6 nitrogen and oxygen atoms in total. The maximum absolute atomic E-state index is 12.3. The Hall–Kier alpha value is -2.37. The number of carbonyl (C=O) groups excluding carboxylic acids is 1. The Kier molecular flexibility index (Phi) is 4.60. The molecule has 1 aliphatic heterocycles. The first-order valence-corrected chi connectivity index (χ1v) is 8.23. The van der Waals surface area contributed by atoms with Gasteiger partial charge in [-0.15, -0.1) is 0 Å². The van der Waals surface area contributed by atoms with Crippen molar-refractivity contribution in [3.05, 3.63) is 41.5 Å². The first kappa shape index (κ1) is 15.5. The molecule has 0 fully saturated rings. The predicted molar refractivity (Wildman–Crippen MR) is 88.7 cm³/mol. The number of carbonyl (C=O) groups is 1. The van der Waals surface area contributed by atoms with Gasteiger partial charge in [0.05, 0.1) is 6.04 Å². The van der Waals surface area contributed by atoms with Crippen molar-refractivity contribution in [2.24, 2.45) is 0 Å². The van der Waals surface area contributed by atoms with E-state index in [9.17, 15) is 4.79 Å². The topological polar surface area (TPSA) is 85.8 Å². The number of amides is 1. The summed E-state index contributed by atoms with van der Waals surface area (Å²) >= 11 is 0. The van der Waals surface area contributed by atoms with Crippen LogP contribution in [0.2, 0.25) is 0 Å². The van der Waals surface area contributed by atoms with Crippen molar-refractivity contribution in [1.82, 2.24) is 20.1 Å². The number of nitrogens with one attached hydrogen (secondary N) is 1. The number of rotatable bonds is 5. The summed E-state index contributed by atoms with van der Waals surface area (Å²) in [5, 5.41) is 7.57. The van der Waals surface area contributed by atoms with Gasteiger partial charge in [0.1, 0.15) is 5.82 Å². The highest BCUT2D eigenvalue weighted by Gasteiger charge is 2.25. The maximum atomic E-state index is 12.3. The van der Waals surface area contributed by atoms with Crippen LogP contribution >= 0.6 is 0 Å². The second kappa shape index (κ2) is 6.81. The molecular weight excluding hydrogens is 290 g/mol. The third-order valence-corrected chi connectivity index (χ3v) is 4.25. The molecular formula is C17H23N5O. The van der Waals surface area contributed by atoms with Crippen molar-refractivity contribution in [1.29, 1.82) is 0 Å². The van der Waals surface area contributed by atoms with Gasteiger partial charge < -0.3 is 11.1 Å². The SMILES string of the molecule is CCc1nc2n(n1)CCCC2NC(=O)CCc1ccccc1N. The lowest BCUT2D eigenvalue weighted by atomic mass is 10.1. The summed E-state index contributed by atoms with van der Waals surface area (Å²) < 4.78 is 1.93. The second-order valence-corrected chi connectivity index (χ2v) is 5.92. The fraction of sp³-hybridized carbons (Fsp3) is 0.471. The summed E-state index contributed by atoms with van der Waals surface area (Å²) in [5.41, 5.74) is 7.68. The van der Waals surface area contributed by atoms with Crippen LogP contribution in [0.3, 0.4) is 0 Å². The van der Waals surface area contributed by atoms with E-state index in [2.05, 4.69) is 15.4 Å². The first-order chi connectivity index (χ1) is 11.2. The maximum Gasteiger partial charge on any atom is 0.220 e. The molecule has 3 rings (SSSR count). The van der Waals surface area contributed by atoms with Gasteiger partial charge in [-0.05, 0) is 30.9 Å². The van der Waals surface area contributed by atoms with Crippen LogP contribution in [0.5, 0.6) is 0 Å². The lowest BCUT2D eigenvalue weighted by Crippen LogP contribution is -2.33. The van der Waals surface area contributed by atoms with Crippen molar-refractivity contribution in [2.75, 3.05) is 5.73 Å². The summed E-state index contributed by atoms with van der Waals surface area (Å²) in [6.45, 7) is 2.93. The molecule has 0 bridgehead atoms. The first-order valence-electron chi connectivity index (χ1n) is 8.23. The monoisotopic (exact) mass is 313 g/mol. The van der Waals surface area contributed by atoms with Crippen LogP contribution in [-0.2, 0) is 24.2 Å². The van der Waals surface area contributed by atoms with Gasteiger partial charge in [-0.1, -0.05) is 25.1 Å². The van der Waals surface area contributed by atoms with E-state index in [1.54, 1.807) is 0 Å². The van der Waals surface area contributed by atoms with Gasteiger partial charge in [-0.2, -0.15) is 5.10 Å². The summed E-state index contributed by atoms with van der Waals surface area (Å²) in [6.07, 6.45) is 3.82. The molecule has 1 aliphatic rings. The van der Waals surface area contributed by atoms with Crippen molar-refractivity contribution in [3.63, 3.8) is 0 Å². The molecule has 0 radical (unpaired) electrons. The van der Waals surface area contributed by atoms with Crippen LogP contribution in [-0.4, -0.2) is 20.7 Å². The highest BCUT2D eigenvalue weighted by Crippen LogP contribution is 2.23. The lowest BCUT2D eigenvalue weighted by molar-refractivity contribution is -0.122. The minimum absolute atomic E-state index is 0.0304. The number of para-hydroxylation sites is 1. The van der Waals surface area contributed by atoms with Crippen LogP contribution in [0.4, 0.5) is 5.69 Å². The number of benzene rings is 1. The minimum atomic E-state index is -0.0304. The van der Waals surface area contributed by atoms with Gasteiger partial charge in [0, 0.05) is 25.1 Å². The average Bonchev–Trinajstić information content (AvgIpc) is 2.98. The molecule has 2 aromatic rings. The average molecular weight is 313 g/mol. The normalized spacial score (nSPS) is 16.8. The number of hydrogen-bond acceptors (Lipinski definition) is 4. The van der Waals surface area contributed by atoms with Crippen LogP contribution in [0, 0.1) is 0 Å². The highest BCUT2D eigenvalue weighted by atomic mass is 16.1. The van der Waals surface area contributed by atoms with E-state index < -0.39 is 0 Å². The van der Waals surface area contributed by atoms with Crippen molar-refractivity contribution in [3.8, 4) is 0 Å². The van der Waals surface area contributed by atoms with Gasteiger partial charge in [-0.3, -0.25) is 4.79 Å². The minimum Gasteiger partial charge on any atom is -0.399 e. The number of nitrogen functional groups attached to an aromatic ring is 1. The van der Waals surface area contributed by atoms with Crippen molar-refractivity contribution >= 4 is 11.6 Å². The molecule has 0 saturated heterocycles. The number of nitrogens with zero attached hydrogens (tertiary/aromatic N) is 3. The van der Waals surface area contributed by atoms with Gasteiger partial charge in [0.2, 0.25) is 5.91 Å². The fourth-order valence-corrected chi connectivity index (χ4v) is 2.96. The van der Waals surface area contributed by atoms with Gasteiger partial charge in [0.15, 0.2) is 5.82 Å². The molecule has 1 atom stereocenters. The van der Waals surface area contributed by atoms with Gasteiger partial charge in [0.25, 0.3) is 0 Å². The molecule has 3 N–H and O–H groups in total. The summed E-state index contributed by atoms with van der Waals surface area (Å²) in [7, 11) is 0. The van der Waals surface area contributed by atoms with Crippen LogP contribution in [0.1, 0.15) is 49.4 Å². The van der Waals surface area contributed by atoms with E-state index >= 15 is 0 Å². The molecule has 1 aromatic carbocycles. The highest BCUT2D eigenvalue weighted by molar-refractivity contribution is 5.76. The van der Waals surface area contributed by atoms with Crippen LogP contribution in [0.25, 0.3) is 0 Å². The molecule has 2 heterocycles. The summed E-state index contributed by atoms with van der Waals surface area (Å²) in [5.74, 6) is 1.77. The van der Waals surface area contributed by atoms with E-state index in [0.717, 1.165) is 48.7 Å². The van der Waals surface area contributed by atoms with Crippen LogP contribution in [0.15, 0.2) is 24.3 Å². The van der Waals surface area contributed by atoms with Crippen LogP contribution < -0.4 is 11.1 Å². The van der Waals surface area contributed by atoms with Crippen molar-refractivity contribution in [2.45, 2.75) is 51.6 Å². The molecule has 1 amide bonds. The molecule has 122 valence electrons. The second-order valence-electron chi connectivity index (χ2n) is 5.92. The molecule has 0 aliphatic carbocycles. The standard InChI is InChI=1S/C17H23N5O/c1-2-15-20-17-14(8-5-11-22(17)21-15)19-16(23)10-9-12-6-3-4-7-13(12)18/h3-4,6-7,14H,2,5,8-11,18H2,1H3,(H,19,23). The zero-order valence-corrected chi connectivity index (χ0v) is 13.5. The molecule has 1 unspecified atom stereocenters. The number of anilines is 1. The Labute approximate surface area is 136 Å². The molecule has 0 saturated carbocycles. The molecule has 23 heavy (non-hydrogen) atoms. The Morgan fingerprint density at radius 2 is 2.26 bits per heavy atom. The number of aryl methyl sites for hydroxylation is 3. The molecule has 6 heteroatoms. The third kappa shape index (κ3) is 3.52. The van der Waals surface area contributed by atoms with Crippen molar-refractivity contribution < 1.29 is 4.79 Å². The Bertz CT molecular complexity index is 694.